The number of nitrogens with two attached hydrogens (primary N) is 1. The van der Waals surface area contributed by atoms with Gasteiger partial charge < -0.3 is 10.7 Å². The minimum atomic E-state index is -0.511. The van der Waals surface area contributed by atoms with E-state index in [-0.39, 0.29) is 11.6 Å². The number of aromatic nitrogens is 3. The maximum absolute atomic E-state index is 11.3. The zero-order chi connectivity index (χ0) is 15.0. The zero-order valence-electron chi connectivity index (χ0n) is 11.9. The van der Waals surface area contributed by atoms with Crippen molar-refractivity contribution < 1.29 is 4.79 Å². The van der Waals surface area contributed by atoms with Crippen LogP contribution in [0.3, 0.4) is 0 Å². The lowest BCUT2D eigenvalue weighted by Gasteiger charge is -2.13. The van der Waals surface area contributed by atoms with Crippen LogP contribution in [0.1, 0.15) is 35.9 Å². The molecule has 0 atom stereocenters. The number of carbonyl (C=O) groups excluding carboxylic acids is 1. The number of nitrogens with one attached hydrogen (secondary N) is 1. The molecule has 0 saturated carbocycles. The number of hydrogen-bond donors (Lipinski definition) is 2. The van der Waals surface area contributed by atoms with Crippen molar-refractivity contribution in [2.24, 2.45) is 5.73 Å². The summed E-state index contributed by atoms with van der Waals surface area (Å²) in [6.45, 7) is 4.08. The first-order chi connectivity index (χ1) is 10.1. The molecule has 0 aromatic carbocycles. The van der Waals surface area contributed by atoms with Crippen molar-refractivity contribution in [3.8, 4) is 11.1 Å². The summed E-state index contributed by atoms with van der Waals surface area (Å²) in [4.78, 5) is 23.2. The number of H-pyrrole nitrogens is 1. The molecule has 0 bridgehead atoms. The molecule has 0 spiro atoms. The average Bonchev–Trinajstić information content (AvgIpc) is 2.93. The highest BCUT2D eigenvalue weighted by Crippen LogP contribution is 2.29. The van der Waals surface area contributed by atoms with E-state index in [1.807, 2.05) is 38.4 Å². The fourth-order valence-electron chi connectivity index (χ4n) is 2.38. The number of nitrogens with zero attached hydrogens (tertiary/aromatic N) is 2. The molecule has 0 unspecified atom stereocenters. The third-order valence-electron chi connectivity index (χ3n) is 3.44. The molecule has 0 radical (unpaired) electrons. The van der Waals surface area contributed by atoms with Gasteiger partial charge in [0.25, 0.3) is 5.91 Å². The lowest BCUT2D eigenvalue weighted by molar-refractivity contribution is 0.0995. The Bertz CT molecular complexity index is 820. The average molecular weight is 280 g/mol. The second-order valence-electron chi connectivity index (χ2n) is 5.29. The molecule has 3 aromatic heterocycles. The maximum atomic E-state index is 11.3. The summed E-state index contributed by atoms with van der Waals surface area (Å²) < 4.78 is 0. The first-order valence-corrected chi connectivity index (χ1v) is 6.80. The van der Waals surface area contributed by atoms with Gasteiger partial charge in [-0.05, 0) is 24.1 Å². The first kappa shape index (κ1) is 13.3. The number of primary amides is 1. The fraction of sp³-hybridized carbons (Fsp3) is 0.188. The summed E-state index contributed by atoms with van der Waals surface area (Å²) in [5.74, 6) is -0.330. The van der Waals surface area contributed by atoms with Crippen LogP contribution < -0.4 is 5.73 Å². The molecule has 0 saturated heterocycles. The second kappa shape index (κ2) is 5.01. The molecular weight excluding hydrogens is 264 g/mol. The third-order valence-corrected chi connectivity index (χ3v) is 3.44. The molecule has 3 aromatic rings. The van der Waals surface area contributed by atoms with Gasteiger partial charge in [0.15, 0.2) is 0 Å². The van der Waals surface area contributed by atoms with Gasteiger partial charge in [-0.1, -0.05) is 19.9 Å². The van der Waals surface area contributed by atoms with E-state index in [1.165, 1.54) is 0 Å². The molecule has 0 fully saturated rings. The molecule has 3 heterocycles. The van der Waals surface area contributed by atoms with Crippen molar-refractivity contribution in [3.05, 3.63) is 48.0 Å². The molecule has 106 valence electrons. The lowest BCUT2D eigenvalue weighted by Crippen LogP contribution is -2.14. The SMILES string of the molecule is CC(C)c1nc(C(N)=O)ccc1-c1cnc2[nH]ccc2c1. The summed E-state index contributed by atoms with van der Waals surface area (Å²) in [5.41, 5.74) is 9.27. The Morgan fingerprint density at radius 3 is 2.81 bits per heavy atom. The standard InChI is InChI=1S/C16H16N4O/c1-9(2)14-12(3-4-13(20-14)15(17)21)11-7-10-5-6-18-16(10)19-8-11/h3-9H,1-2H3,(H2,17,21)(H,18,19). The molecule has 0 aliphatic rings. The molecule has 3 rings (SSSR count). The van der Waals surface area contributed by atoms with Crippen LogP contribution in [0.25, 0.3) is 22.2 Å². The number of rotatable bonds is 3. The Hall–Kier alpha value is -2.69. The van der Waals surface area contributed by atoms with Crippen LogP contribution in [0.5, 0.6) is 0 Å². The minimum absolute atomic E-state index is 0.182. The summed E-state index contributed by atoms with van der Waals surface area (Å²) in [6, 6.07) is 7.58. The summed E-state index contributed by atoms with van der Waals surface area (Å²) in [7, 11) is 0. The van der Waals surface area contributed by atoms with Crippen LogP contribution in [-0.2, 0) is 0 Å². The highest BCUT2D eigenvalue weighted by Gasteiger charge is 2.14. The quantitative estimate of drug-likeness (QED) is 0.773. The normalized spacial score (nSPS) is 11.2. The predicted molar refractivity (Wildman–Crippen MR) is 81.9 cm³/mol. The Labute approximate surface area is 122 Å². The molecule has 0 aliphatic heterocycles. The molecule has 3 N–H and O–H groups in total. The van der Waals surface area contributed by atoms with E-state index in [0.717, 1.165) is 27.9 Å². The third kappa shape index (κ3) is 2.38. The monoisotopic (exact) mass is 280 g/mol. The zero-order valence-corrected chi connectivity index (χ0v) is 11.9. The van der Waals surface area contributed by atoms with Crippen LogP contribution in [0.2, 0.25) is 0 Å². The first-order valence-electron chi connectivity index (χ1n) is 6.80. The Morgan fingerprint density at radius 2 is 2.10 bits per heavy atom. The van der Waals surface area contributed by atoms with Gasteiger partial charge in [-0.15, -0.1) is 0 Å². The van der Waals surface area contributed by atoms with Crippen molar-refractivity contribution in [2.45, 2.75) is 19.8 Å². The van der Waals surface area contributed by atoms with Crippen LogP contribution in [0.15, 0.2) is 36.7 Å². The van der Waals surface area contributed by atoms with Crippen molar-refractivity contribution in [1.82, 2.24) is 15.0 Å². The summed E-state index contributed by atoms with van der Waals surface area (Å²) >= 11 is 0. The maximum Gasteiger partial charge on any atom is 0.267 e. The van der Waals surface area contributed by atoms with Gasteiger partial charge in [0.1, 0.15) is 11.3 Å². The van der Waals surface area contributed by atoms with Gasteiger partial charge in [0.2, 0.25) is 0 Å². The van der Waals surface area contributed by atoms with E-state index in [9.17, 15) is 4.79 Å². The van der Waals surface area contributed by atoms with Crippen molar-refractivity contribution in [1.29, 1.82) is 0 Å². The van der Waals surface area contributed by atoms with Gasteiger partial charge in [-0.3, -0.25) is 4.79 Å². The molecule has 1 amide bonds. The number of hydrogen-bond acceptors (Lipinski definition) is 3. The number of carbonyl (C=O) groups is 1. The van der Waals surface area contributed by atoms with E-state index in [1.54, 1.807) is 6.07 Å². The highest BCUT2D eigenvalue weighted by atomic mass is 16.1. The van der Waals surface area contributed by atoms with Gasteiger partial charge in [0.05, 0.1) is 5.69 Å². The van der Waals surface area contributed by atoms with E-state index in [0.29, 0.717) is 0 Å². The van der Waals surface area contributed by atoms with Crippen LogP contribution >= 0.6 is 0 Å². The van der Waals surface area contributed by atoms with Gasteiger partial charge in [-0.25, -0.2) is 9.97 Å². The number of aromatic amines is 1. The second-order valence-corrected chi connectivity index (χ2v) is 5.29. The minimum Gasteiger partial charge on any atom is -0.364 e. The molecule has 5 nitrogen and oxygen atoms in total. The fourth-order valence-corrected chi connectivity index (χ4v) is 2.38. The summed E-state index contributed by atoms with van der Waals surface area (Å²) in [5, 5.41) is 1.04. The molecule has 5 heteroatoms. The predicted octanol–water partition coefficient (Wildman–Crippen LogP) is 2.85. The van der Waals surface area contributed by atoms with E-state index >= 15 is 0 Å². The van der Waals surface area contributed by atoms with E-state index in [2.05, 4.69) is 21.0 Å². The number of fused-ring (bicyclic) bond motifs is 1. The molecule has 0 aliphatic carbocycles. The van der Waals surface area contributed by atoms with Crippen molar-refractivity contribution in [2.75, 3.05) is 0 Å². The Balaban J connectivity index is 2.18. The van der Waals surface area contributed by atoms with Crippen molar-refractivity contribution in [3.63, 3.8) is 0 Å². The van der Waals surface area contributed by atoms with E-state index in [4.69, 9.17) is 5.73 Å². The van der Waals surface area contributed by atoms with Gasteiger partial charge in [0, 0.05) is 28.9 Å². The largest absolute Gasteiger partial charge is 0.364 e. The van der Waals surface area contributed by atoms with Crippen molar-refractivity contribution >= 4 is 16.9 Å². The Morgan fingerprint density at radius 1 is 1.29 bits per heavy atom. The topological polar surface area (TPSA) is 84.7 Å². The van der Waals surface area contributed by atoms with Crippen LogP contribution in [0.4, 0.5) is 0 Å². The van der Waals surface area contributed by atoms with Gasteiger partial charge in [-0.2, -0.15) is 0 Å². The number of amides is 1. The Kier molecular flexibility index (Phi) is 3.17. The highest BCUT2D eigenvalue weighted by molar-refractivity contribution is 5.91. The van der Waals surface area contributed by atoms with E-state index < -0.39 is 5.91 Å². The van der Waals surface area contributed by atoms with Gasteiger partial charge >= 0.3 is 0 Å². The molecule has 21 heavy (non-hydrogen) atoms. The smallest absolute Gasteiger partial charge is 0.267 e. The van der Waals surface area contributed by atoms with Crippen LogP contribution in [-0.4, -0.2) is 20.9 Å². The van der Waals surface area contributed by atoms with Crippen LogP contribution in [0, 0.1) is 0 Å². The molecular formula is C16H16N4O. The number of pyridine rings is 2. The lowest BCUT2D eigenvalue weighted by atomic mass is 9.97. The summed E-state index contributed by atoms with van der Waals surface area (Å²) in [6.07, 6.45) is 3.67.